The Hall–Kier alpha value is -1.67. The molecular weight excluding hydrogens is 220 g/mol. The molecule has 0 aromatic heterocycles. The van der Waals surface area contributed by atoms with Crippen molar-refractivity contribution < 1.29 is 29.3 Å². The second-order valence-corrected chi connectivity index (χ2v) is 3.11. The van der Waals surface area contributed by atoms with E-state index < -0.39 is 36.6 Å². The lowest BCUT2D eigenvalue weighted by Gasteiger charge is -2.09. The van der Waals surface area contributed by atoms with Crippen LogP contribution in [0.2, 0.25) is 0 Å². The van der Waals surface area contributed by atoms with Crippen LogP contribution in [0.5, 0.6) is 0 Å². The minimum absolute atomic E-state index is 0.0729. The van der Waals surface area contributed by atoms with Gasteiger partial charge >= 0.3 is 17.9 Å². The fourth-order valence-electron chi connectivity index (χ4n) is 0.723. The molecule has 0 aliphatic carbocycles. The van der Waals surface area contributed by atoms with Crippen LogP contribution in [0, 0.1) is 0 Å². The number of hydrogen-bond acceptors (Lipinski definition) is 6. The molecule has 2 atom stereocenters. The molecule has 0 bridgehead atoms. The molecular formula is C8H14N2O6. The van der Waals surface area contributed by atoms with Crippen LogP contribution in [0.1, 0.15) is 12.8 Å². The predicted octanol–water partition coefficient (Wildman–Crippen LogP) is -1.87. The zero-order valence-electron chi connectivity index (χ0n) is 8.46. The maximum Gasteiger partial charge on any atom is 0.324 e. The molecule has 0 heterocycles. The van der Waals surface area contributed by atoms with Gasteiger partial charge in [0.15, 0.2) is 0 Å². The molecule has 0 saturated carbocycles. The van der Waals surface area contributed by atoms with Gasteiger partial charge < -0.3 is 26.4 Å². The normalized spacial score (nSPS) is 13.9. The zero-order valence-corrected chi connectivity index (χ0v) is 8.46. The number of rotatable bonds is 7. The monoisotopic (exact) mass is 234 g/mol. The van der Waals surface area contributed by atoms with E-state index in [1.54, 1.807) is 0 Å². The van der Waals surface area contributed by atoms with E-state index in [1.807, 2.05) is 0 Å². The largest absolute Gasteiger partial charge is 0.480 e. The SMILES string of the molecule is N[C@@H](CCC(=O)OC[C@H](N)C(=O)O)C(=O)O. The molecule has 0 fully saturated rings. The van der Waals surface area contributed by atoms with Gasteiger partial charge in [-0.2, -0.15) is 0 Å². The summed E-state index contributed by atoms with van der Waals surface area (Å²) in [5.41, 5.74) is 10.2. The molecule has 0 saturated heterocycles. The Balaban J connectivity index is 3.75. The van der Waals surface area contributed by atoms with Crippen molar-refractivity contribution in [2.75, 3.05) is 6.61 Å². The number of aliphatic carboxylic acids is 2. The maximum absolute atomic E-state index is 11.0. The van der Waals surface area contributed by atoms with Crippen LogP contribution in [0.25, 0.3) is 0 Å². The molecule has 92 valence electrons. The maximum atomic E-state index is 11.0. The highest BCUT2D eigenvalue weighted by Crippen LogP contribution is 1.97. The number of carboxylic acids is 2. The van der Waals surface area contributed by atoms with Gasteiger partial charge in [0, 0.05) is 6.42 Å². The Morgan fingerprint density at radius 1 is 1.06 bits per heavy atom. The van der Waals surface area contributed by atoms with Crippen molar-refractivity contribution >= 4 is 17.9 Å². The van der Waals surface area contributed by atoms with E-state index in [2.05, 4.69) is 4.74 Å². The molecule has 0 radical (unpaired) electrons. The van der Waals surface area contributed by atoms with Gasteiger partial charge in [-0.1, -0.05) is 0 Å². The summed E-state index contributed by atoms with van der Waals surface area (Å²) in [6.45, 7) is -0.448. The van der Waals surface area contributed by atoms with Gasteiger partial charge in [0.2, 0.25) is 0 Å². The van der Waals surface area contributed by atoms with Gasteiger partial charge in [-0.05, 0) is 6.42 Å². The van der Waals surface area contributed by atoms with Crippen LogP contribution < -0.4 is 11.5 Å². The highest BCUT2D eigenvalue weighted by molar-refractivity contribution is 5.76. The van der Waals surface area contributed by atoms with Crippen LogP contribution in [-0.4, -0.2) is 46.8 Å². The summed E-state index contributed by atoms with van der Waals surface area (Å²) in [4.78, 5) is 31.5. The minimum Gasteiger partial charge on any atom is -0.480 e. The van der Waals surface area contributed by atoms with Crippen molar-refractivity contribution in [3.8, 4) is 0 Å². The topological polar surface area (TPSA) is 153 Å². The standard InChI is InChI=1S/C8H14N2O6/c9-4(7(12)13)1-2-6(11)16-3-5(10)8(14)15/h4-5H,1-3,9-10H2,(H,12,13)(H,14,15)/t4-,5-/m0/s1. The Kier molecular flexibility index (Phi) is 6.04. The molecule has 0 aliphatic rings. The van der Waals surface area contributed by atoms with Crippen LogP contribution >= 0.6 is 0 Å². The average molecular weight is 234 g/mol. The third-order valence-electron chi connectivity index (χ3n) is 1.72. The van der Waals surface area contributed by atoms with Gasteiger partial charge in [0.25, 0.3) is 0 Å². The first-order valence-electron chi connectivity index (χ1n) is 4.47. The van der Waals surface area contributed by atoms with E-state index in [0.29, 0.717) is 0 Å². The molecule has 0 amide bonds. The summed E-state index contributed by atoms with van der Waals surface area (Å²) in [5, 5.41) is 16.8. The number of ether oxygens (including phenoxy) is 1. The molecule has 0 aromatic carbocycles. The van der Waals surface area contributed by atoms with E-state index in [1.165, 1.54) is 0 Å². The van der Waals surface area contributed by atoms with Crippen LogP contribution in [-0.2, 0) is 19.1 Å². The molecule has 0 spiro atoms. The van der Waals surface area contributed by atoms with Crippen molar-refractivity contribution in [3.05, 3.63) is 0 Å². The van der Waals surface area contributed by atoms with Crippen molar-refractivity contribution in [1.82, 2.24) is 0 Å². The summed E-state index contributed by atoms with van der Waals surface area (Å²) in [6, 6.07) is -2.42. The molecule has 0 aliphatic heterocycles. The molecule has 16 heavy (non-hydrogen) atoms. The molecule has 8 heteroatoms. The van der Waals surface area contributed by atoms with Gasteiger partial charge in [0.05, 0.1) is 0 Å². The molecule has 0 aromatic rings. The second kappa shape index (κ2) is 6.75. The third-order valence-corrected chi connectivity index (χ3v) is 1.72. The van der Waals surface area contributed by atoms with E-state index in [-0.39, 0.29) is 12.8 Å². The number of esters is 1. The van der Waals surface area contributed by atoms with Crippen molar-refractivity contribution in [3.63, 3.8) is 0 Å². The third kappa shape index (κ3) is 5.94. The number of carbonyl (C=O) groups is 3. The van der Waals surface area contributed by atoms with Crippen molar-refractivity contribution in [2.45, 2.75) is 24.9 Å². The first-order chi connectivity index (χ1) is 7.34. The van der Waals surface area contributed by atoms with Gasteiger partial charge in [-0.3, -0.25) is 14.4 Å². The second-order valence-electron chi connectivity index (χ2n) is 3.11. The van der Waals surface area contributed by atoms with E-state index in [4.69, 9.17) is 21.7 Å². The quantitative estimate of drug-likeness (QED) is 0.374. The van der Waals surface area contributed by atoms with Crippen LogP contribution in [0.4, 0.5) is 0 Å². The average Bonchev–Trinajstić information content (AvgIpc) is 2.21. The minimum atomic E-state index is -1.28. The van der Waals surface area contributed by atoms with Gasteiger partial charge in [0.1, 0.15) is 18.7 Å². The molecule has 6 N–H and O–H groups in total. The zero-order chi connectivity index (χ0) is 12.7. The summed E-state index contributed by atoms with van der Waals surface area (Å²) in [5.74, 6) is -3.22. The highest BCUT2D eigenvalue weighted by atomic mass is 16.5. The van der Waals surface area contributed by atoms with Crippen LogP contribution in [0.15, 0.2) is 0 Å². The van der Waals surface area contributed by atoms with Crippen molar-refractivity contribution in [2.24, 2.45) is 11.5 Å². The van der Waals surface area contributed by atoms with E-state index >= 15 is 0 Å². The number of carboxylic acid groups (broad SMARTS) is 2. The lowest BCUT2D eigenvalue weighted by molar-refractivity contribution is -0.148. The van der Waals surface area contributed by atoms with Gasteiger partial charge in [-0.25, -0.2) is 0 Å². The first-order valence-corrected chi connectivity index (χ1v) is 4.47. The summed E-state index contributed by atoms with van der Waals surface area (Å²) in [7, 11) is 0. The van der Waals surface area contributed by atoms with Gasteiger partial charge in [-0.15, -0.1) is 0 Å². The van der Waals surface area contributed by atoms with E-state index in [0.717, 1.165) is 0 Å². The number of hydrogen-bond donors (Lipinski definition) is 4. The van der Waals surface area contributed by atoms with Crippen LogP contribution in [0.3, 0.4) is 0 Å². The van der Waals surface area contributed by atoms with Crippen molar-refractivity contribution in [1.29, 1.82) is 0 Å². The number of nitrogens with two attached hydrogens (primary N) is 2. The first kappa shape index (κ1) is 14.3. The molecule has 8 nitrogen and oxygen atoms in total. The predicted molar refractivity (Wildman–Crippen MR) is 51.4 cm³/mol. The highest BCUT2D eigenvalue weighted by Gasteiger charge is 2.17. The Labute approximate surface area is 91.2 Å². The molecule has 0 unspecified atom stereocenters. The molecule has 0 rings (SSSR count). The fourth-order valence-corrected chi connectivity index (χ4v) is 0.723. The Morgan fingerprint density at radius 3 is 2.00 bits per heavy atom. The Bertz CT molecular complexity index is 254. The summed E-state index contributed by atoms with van der Waals surface area (Å²) in [6.07, 6.45) is -0.268. The summed E-state index contributed by atoms with van der Waals surface area (Å²) < 4.78 is 4.50. The summed E-state index contributed by atoms with van der Waals surface area (Å²) >= 11 is 0. The lowest BCUT2D eigenvalue weighted by Crippen LogP contribution is -2.36. The number of carbonyl (C=O) groups excluding carboxylic acids is 1. The fraction of sp³-hybridized carbons (Fsp3) is 0.625. The van der Waals surface area contributed by atoms with E-state index in [9.17, 15) is 14.4 Å². The smallest absolute Gasteiger partial charge is 0.324 e. The lowest BCUT2D eigenvalue weighted by atomic mass is 10.2. The Morgan fingerprint density at radius 2 is 1.56 bits per heavy atom.